The first kappa shape index (κ1) is 18.8. The van der Waals surface area contributed by atoms with Crippen LogP contribution >= 0.6 is 0 Å². The molecular formula is C20H25N5O2. The number of nitrogens with one attached hydrogen (secondary N) is 1. The molecule has 1 fully saturated rings. The average molecular weight is 367 g/mol. The summed E-state index contributed by atoms with van der Waals surface area (Å²) in [6, 6.07) is 11.9. The summed E-state index contributed by atoms with van der Waals surface area (Å²) in [5.41, 5.74) is 1.63. The molecule has 1 aliphatic rings. The summed E-state index contributed by atoms with van der Waals surface area (Å²) in [5, 5.41) is 2.92. The smallest absolute Gasteiger partial charge is 0.270 e. The number of rotatable bonds is 6. The number of carbonyl (C=O) groups is 2. The molecule has 0 bridgehead atoms. The van der Waals surface area contributed by atoms with Crippen molar-refractivity contribution in [3.63, 3.8) is 0 Å². The molecule has 2 aromatic rings. The van der Waals surface area contributed by atoms with Crippen LogP contribution in [0, 0.1) is 0 Å². The Hall–Kier alpha value is -2.96. The van der Waals surface area contributed by atoms with Crippen LogP contribution in [0.1, 0.15) is 29.4 Å². The number of hydrogen-bond acceptors (Lipinski definition) is 5. The number of benzene rings is 1. The van der Waals surface area contributed by atoms with Crippen molar-refractivity contribution in [2.24, 2.45) is 0 Å². The van der Waals surface area contributed by atoms with E-state index in [1.54, 1.807) is 13.0 Å². The minimum Gasteiger partial charge on any atom is -0.353 e. The number of piperazine rings is 1. The Balaban J connectivity index is 1.49. The Morgan fingerprint density at radius 1 is 1.07 bits per heavy atom. The predicted molar refractivity (Wildman–Crippen MR) is 104 cm³/mol. The first-order valence-electron chi connectivity index (χ1n) is 9.28. The van der Waals surface area contributed by atoms with Gasteiger partial charge in [0.1, 0.15) is 17.8 Å². The topological polar surface area (TPSA) is 78.4 Å². The zero-order valence-electron chi connectivity index (χ0n) is 15.6. The summed E-state index contributed by atoms with van der Waals surface area (Å²) >= 11 is 0. The lowest BCUT2D eigenvalue weighted by Gasteiger charge is -2.34. The van der Waals surface area contributed by atoms with Gasteiger partial charge in [-0.3, -0.25) is 9.59 Å². The molecule has 0 atom stereocenters. The second-order valence-electron chi connectivity index (χ2n) is 6.60. The van der Waals surface area contributed by atoms with E-state index < -0.39 is 0 Å². The van der Waals surface area contributed by atoms with E-state index in [1.165, 1.54) is 11.9 Å². The number of carbonyl (C=O) groups excluding carboxylic acids is 2. The lowest BCUT2D eigenvalue weighted by molar-refractivity contribution is -0.129. The molecule has 7 heteroatoms. The summed E-state index contributed by atoms with van der Waals surface area (Å²) in [6.07, 6.45) is 3.23. The highest BCUT2D eigenvalue weighted by Gasteiger charge is 2.20. The largest absolute Gasteiger partial charge is 0.353 e. The van der Waals surface area contributed by atoms with Gasteiger partial charge >= 0.3 is 0 Å². The molecule has 1 aromatic heterocycles. The summed E-state index contributed by atoms with van der Waals surface area (Å²) in [7, 11) is 0. The van der Waals surface area contributed by atoms with Crippen molar-refractivity contribution in [3.05, 3.63) is 54.0 Å². The summed E-state index contributed by atoms with van der Waals surface area (Å²) in [4.78, 5) is 36.1. The zero-order valence-corrected chi connectivity index (χ0v) is 15.6. The third-order valence-corrected chi connectivity index (χ3v) is 4.70. The van der Waals surface area contributed by atoms with E-state index in [4.69, 9.17) is 0 Å². The molecule has 0 unspecified atom stereocenters. The third-order valence-electron chi connectivity index (χ3n) is 4.70. The Bertz CT molecular complexity index is 773. The zero-order chi connectivity index (χ0) is 19.1. The average Bonchev–Trinajstić information content (AvgIpc) is 2.72. The normalized spacial score (nSPS) is 14.1. The van der Waals surface area contributed by atoms with Gasteiger partial charge < -0.3 is 15.1 Å². The van der Waals surface area contributed by atoms with Crippen LogP contribution in [-0.4, -0.2) is 59.4 Å². The van der Waals surface area contributed by atoms with Gasteiger partial charge in [-0.2, -0.15) is 0 Å². The number of hydrogen-bond donors (Lipinski definition) is 1. The van der Waals surface area contributed by atoms with Gasteiger partial charge in [0.25, 0.3) is 5.91 Å². The fraction of sp³-hybridized carbons (Fsp3) is 0.400. The number of nitrogens with zero attached hydrogens (tertiary/aromatic N) is 4. The quantitative estimate of drug-likeness (QED) is 0.783. The Labute approximate surface area is 159 Å². The molecule has 0 saturated carbocycles. The van der Waals surface area contributed by atoms with Gasteiger partial charge in [0.05, 0.1) is 0 Å². The van der Waals surface area contributed by atoms with E-state index in [9.17, 15) is 9.59 Å². The first-order chi connectivity index (χ1) is 13.1. The molecule has 1 aromatic carbocycles. The maximum absolute atomic E-state index is 12.4. The molecule has 0 radical (unpaired) electrons. The number of amides is 2. The monoisotopic (exact) mass is 367 g/mol. The molecule has 1 aliphatic heterocycles. The lowest BCUT2D eigenvalue weighted by atomic mass is 10.1. The third kappa shape index (κ3) is 5.26. The van der Waals surface area contributed by atoms with E-state index in [-0.39, 0.29) is 11.8 Å². The summed E-state index contributed by atoms with van der Waals surface area (Å²) in [5.74, 6) is 0.629. The molecule has 1 saturated heterocycles. The van der Waals surface area contributed by atoms with E-state index in [0.717, 1.165) is 18.7 Å². The van der Waals surface area contributed by atoms with Crippen molar-refractivity contribution in [3.8, 4) is 0 Å². The highest BCUT2D eigenvalue weighted by Crippen LogP contribution is 2.14. The lowest BCUT2D eigenvalue weighted by Crippen LogP contribution is -2.48. The molecule has 142 valence electrons. The van der Waals surface area contributed by atoms with Crippen LogP contribution in [0.3, 0.4) is 0 Å². The summed E-state index contributed by atoms with van der Waals surface area (Å²) < 4.78 is 0. The molecule has 2 heterocycles. The van der Waals surface area contributed by atoms with Gasteiger partial charge in [0, 0.05) is 45.7 Å². The number of anilines is 1. The van der Waals surface area contributed by atoms with Gasteiger partial charge in [-0.05, 0) is 18.4 Å². The van der Waals surface area contributed by atoms with Crippen LogP contribution in [0.25, 0.3) is 0 Å². The fourth-order valence-corrected chi connectivity index (χ4v) is 3.12. The fourth-order valence-electron chi connectivity index (χ4n) is 3.12. The number of aryl methyl sites for hydroxylation is 1. The van der Waals surface area contributed by atoms with Gasteiger partial charge in [-0.15, -0.1) is 0 Å². The van der Waals surface area contributed by atoms with Gasteiger partial charge in [-0.1, -0.05) is 30.3 Å². The SMILES string of the molecule is CC(=O)N1CCN(c2cc(C(=O)NCCCc3ccccc3)ncn2)CC1. The van der Waals surface area contributed by atoms with Gasteiger partial charge in [0.2, 0.25) is 5.91 Å². The Kier molecular flexibility index (Phi) is 6.35. The van der Waals surface area contributed by atoms with Crippen LogP contribution in [0.4, 0.5) is 5.82 Å². The molecule has 7 nitrogen and oxygen atoms in total. The van der Waals surface area contributed by atoms with Crippen molar-refractivity contribution in [1.29, 1.82) is 0 Å². The van der Waals surface area contributed by atoms with Crippen molar-refractivity contribution in [1.82, 2.24) is 20.2 Å². The Morgan fingerprint density at radius 3 is 2.52 bits per heavy atom. The van der Waals surface area contributed by atoms with E-state index in [0.29, 0.717) is 38.4 Å². The Morgan fingerprint density at radius 2 is 1.81 bits per heavy atom. The van der Waals surface area contributed by atoms with Crippen LogP contribution < -0.4 is 10.2 Å². The highest BCUT2D eigenvalue weighted by molar-refractivity contribution is 5.92. The number of aromatic nitrogens is 2. The maximum atomic E-state index is 12.4. The maximum Gasteiger partial charge on any atom is 0.270 e. The molecule has 0 spiro atoms. The van der Waals surface area contributed by atoms with Crippen molar-refractivity contribution in [2.75, 3.05) is 37.6 Å². The molecule has 3 rings (SSSR count). The molecule has 2 amide bonds. The first-order valence-corrected chi connectivity index (χ1v) is 9.28. The van der Waals surface area contributed by atoms with Crippen molar-refractivity contribution in [2.45, 2.75) is 19.8 Å². The van der Waals surface area contributed by atoms with E-state index in [2.05, 4.69) is 32.3 Å². The van der Waals surface area contributed by atoms with E-state index in [1.807, 2.05) is 23.1 Å². The standard InChI is InChI=1S/C20H25N5O2/c1-16(26)24-10-12-25(13-11-24)19-14-18(22-15-23-19)20(27)21-9-5-8-17-6-3-2-4-7-17/h2-4,6-7,14-15H,5,8-13H2,1H3,(H,21,27). The second-order valence-corrected chi connectivity index (χ2v) is 6.60. The molecule has 27 heavy (non-hydrogen) atoms. The minimum atomic E-state index is -0.186. The van der Waals surface area contributed by atoms with Crippen molar-refractivity contribution < 1.29 is 9.59 Å². The van der Waals surface area contributed by atoms with Gasteiger partial charge in [0.15, 0.2) is 0 Å². The van der Waals surface area contributed by atoms with Crippen LogP contribution in [0.2, 0.25) is 0 Å². The predicted octanol–water partition coefficient (Wildman–Crippen LogP) is 1.51. The second kappa shape index (κ2) is 9.12. The molecule has 0 aliphatic carbocycles. The molecule has 1 N–H and O–H groups in total. The van der Waals surface area contributed by atoms with Gasteiger partial charge in [-0.25, -0.2) is 9.97 Å². The van der Waals surface area contributed by atoms with Crippen molar-refractivity contribution >= 4 is 17.6 Å². The minimum absolute atomic E-state index is 0.0907. The van der Waals surface area contributed by atoms with E-state index >= 15 is 0 Å². The molecular weight excluding hydrogens is 342 g/mol. The summed E-state index contributed by atoms with van der Waals surface area (Å²) in [6.45, 7) is 4.93. The van der Waals surface area contributed by atoms with Crippen LogP contribution in [-0.2, 0) is 11.2 Å². The van der Waals surface area contributed by atoms with Crippen LogP contribution in [0.5, 0.6) is 0 Å². The van der Waals surface area contributed by atoms with Crippen LogP contribution in [0.15, 0.2) is 42.7 Å². The highest BCUT2D eigenvalue weighted by atomic mass is 16.2.